The van der Waals surface area contributed by atoms with Crippen LogP contribution < -0.4 is 10.6 Å². The summed E-state index contributed by atoms with van der Waals surface area (Å²) in [5, 5.41) is 12.4. The number of hydrogen-bond donors (Lipinski definition) is 2. The second-order valence-corrected chi connectivity index (χ2v) is 6.77. The minimum Gasteiger partial charge on any atom is -0.369 e. The van der Waals surface area contributed by atoms with Crippen LogP contribution in [0.4, 0.5) is 5.82 Å². The maximum absolute atomic E-state index is 4.50. The van der Waals surface area contributed by atoms with E-state index in [9.17, 15) is 0 Å². The zero-order valence-corrected chi connectivity index (χ0v) is 13.9. The lowest BCUT2D eigenvalue weighted by Crippen LogP contribution is -2.39. The predicted molar refractivity (Wildman–Crippen MR) is 95.4 cm³/mol. The number of fused-ring (bicyclic) bond motifs is 1. The van der Waals surface area contributed by atoms with Gasteiger partial charge in [0.25, 0.3) is 0 Å². The zero-order chi connectivity index (χ0) is 16.4. The molecule has 124 valence electrons. The van der Waals surface area contributed by atoms with Crippen LogP contribution in [-0.2, 0) is 0 Å². The Hall–Kier alpha value is -2.47. The van der Waals surface area contributed by atoms with E-state index in [0.717, 1.165) is 42.2 Å². The average Bonchev–Trinajstić information content (AvgIpc) is 3.06. The Morgan fingerprint density at radius 1 is 1.17 bits per heavy atom. The summed E-state index contributed by atoms with van der Waals surface area (Å²) in [6.45, 7) is 5.43. The molecular formula is C18H22N6. The highest BCUT2D eigenvalue weighted by molar-refractivity contribution is 5.87. The molecule has 6 heteroatoms. The quantitative estimate of drug-likeness (QED) is 0.773. The minimum atomic E-state index is 0.304. The number of hydrogen-bond acceptors (Lipinski definition) is 5. The number of aromatic nitrogens is 4. The highest BCUT2D eigenvalue weighted by Crippen LogP contribution is 2.29. The molecule has 0 atom stereocenters. The van der Waals surface area contributed by atoms with Gasteiger partial charge in [0.15, 0.2) is 5.65 Å². The van der Waals surface area contributed by atoms with Crippen molar-refractivity contribution in [3.05, 3.63) is 42.9 Å². The van der Waals surface area contributed by atoms with Gasteiger partial charge in [0, 0.05) is 6.54 Å². The van der Waals surface area contributed by atoms with E-state index < -0.39 is 0 Å². The Morgan fingerprint density at radius 2 is 1.96 bits per heavy atom. The van der Waals surface area contributed by atoms with Gasteiger partial charge in [0.2, 0.25) is 0 Å². The molecule has 24 heavy (non-hydrogen) atoms. The third-order valence-electron chi connectivity index (χ3n) is 4.86. The van der Waals surface area contributed by atoms with E-state index in [0.29, 0.717) is 5.41 Å². The van der Waals surface area contributed by atoms with Crippen molar-refractivity contribution >= 4 is 16.9 Å². The summed E-state index contributed by atoms with van der Waals surface area (Å²) >= 11 is 0. The highest BCUT2D eigenvalue weighted by Gasteiger charge is 2.26. The second kappa shape index (κ2) is 6.20. The molecule has 0 saturated carbocycles. The average molecular weight is 322 g/mol. The third kappa shape index (κ3) is 2.85. The van der Waals surface area contributed by atoms with E-state index in [1.54, 1.807) is 6.33 Å². The molecular weight excluding hydrogens is 300 g/mol. The summed E-state index contributed by atoms with van der Waals surface area (Å²) in [6.07, 6.45) is 5.81. The molecule has 0 unspecified atom stereocenters. The number of nitrogens with zero attached hydrogens (tertiary/aromatic N) is 4. The molecule has 1 saturated heterocycles. The SMILES string of the molecule is CC1(CNc2ncnc3c2cnn3-c2ccccc2)CCNCC1. The van der Waals surface area contributed by atoms with Crippen LogP contribution in [0.5, 0.6) is 0 Å². The van der Waals surface area contributed by atoms with Crippen LogP contribution in [0.3, 0.4) is 0 Å². The van der Waals surface area contributed by atoms with E-state index in [2.05, 4.69) is 32.6 Å². The Bertz CT molecular complexity index is 820. The molecule has 1 aromatic carbocycles. The number of benzene rings is 1. The van der Waals surface area contributed by atoms with Crippen LogP contribution in [0, 0.1) is 5.41 Å². The van der Waals surface area contributed by atoms with Gasteiger partial charge in [0.05, 0.1) is 17.3 Å². The van der Waals surface area contributed by atoms with Gasteiger partial charge in [0.1, 0.15) is 12.1 Å². The fourth-order valence-electron chi connectivity index (χ4n) is 3.25. The van der Waals surface area contributed by atoms with Gasteiger partial charge in [-0.1, -0.05) is 25.1 Å². The minimum absolute atomic E-state index is 0.304. The first kappa shape index (κ1) is 15.1. The molecule has 1 fully saturated rings. The van der Waals surface area contributed by atoms with Gasteiger partial charge >= 0.3 is 0 Å². The van der Waals surface area contributed by atoms with Crippen molar-refractivity contribution in [3.8, 4) is 5.69 Å². The van der Waals surface area contributed by atoms with Gasteiger partial charge in [-0.05, 0) is 43.5 Å². The molecule has 0 radical (unpaired) electrons. The number of piperidine rings is 1. The fraction of sp³-hybridized carbons (Fsp3) is 0.389. The van der Waals surface area contributed by atoms with Crippen LogP contribution in [-0.4, -0.2) is 39.4 Å². The van der Waals surface area contributed by atoms with Crippen LogP contribution in [0.1, 0.15) is 19.8 Å². The largest absolute Gasteiger partial charge is 0.369 e. The molecule has 4 rings (SSSR count). The van der Waals surface area contributed by atoms with Crippen molar-refractivity contribution in [2.45, 2.75) is 19.8 Å². The topological polar surface area (TPSA) is 67.7 Å². The van der Waals surface area contributed by atoms with Crippen molar-refractivity contribution in [3.63, 3.8) is 0 Å². The molecule has 1 aliphatic heterocycles. The monoisotopic (exact) mass is 322 g/mol. The summed E-state index contributed by atoms with van der Waals surface area (Å²) in [5.74, 6) is 0.863. The smallest absolute Gasteiger partial charge is 0.168 e. The molecule has 2 aromatic heterocycles. The standard InChI is InChI=1S/C18H22N6/c1-18(7-9-19-10-8-18)12-20-16-15-11-23-24(17(15)22-13-21-16)14-5-3-2-4-6-14/h2-6,11,13,19H,7-10,12H2,1H3,(H,20,21,22). The zero-order valence-electron chi connectivity index (χ0n) is 13.9. The summed E-state index contributed by atoms with van der Waals surface area (Å²) in [4.78, 5) is 8.87. The summed E-state index contributed by atoms with van der Waals surface area (Å²) in [5.41, 5.74) is 2.13. The molecule has 3 aromatic rings. The van der Waals surface area contributed by atoms with Gasteiger partial charge in [-0.15, -0.1) is 0 Å². The molecule has 2 N–H and O–H groups in total. The van der Waals surface area contributed by atoms with Gasteiger partial charge in [-0.25, -0.2) is 14.6 Å². The van der Waals surface area contributed by atoms with Gasteiger partial charge in [-0.2, -0.15) is 5.10 Å². The Labute approximate surface area is 141 Å². The third-order valence-corrected chi connectivity index (χ3v) is 4.86. The maximum atomic E-state index is 4.50. The Kier molecular flexibility index (Phi) is 3.90. The second-order valence-electron chi connectivity index (χ2n) is 6.77. The van der Waals surface area contributed by atoms with Crippen LogP contribution in [0.25, 0.3) is 16.7 Å². The molecule has 0 spiro atoms. The first-order chi connectivity index (χ1) is 11.8. The summed E-state index contributed by atoms with van der Waals surface area (Å²) < 4.78 is 1.86. The predicted octanol–water partition coefficient (Wildman–Crippen LogP) is 2.62. The summed E-state index contributed by atoms with van der Waals surface area (Å²) in [7, 11) is 0. The van der Waals surface area contributed by atoms with Crippen molar-refractivity contribution in [1.29, 1.82) is 0 Å². The first-order valence-corrected chi connectivity index (χ1v) is 8.44. The van der Waals surface area contributed by atoms with Gasteiger partial charge < -0.3 is 10.6 Å². The van der Waals surface area contributed by atoms with E-state index in [1.807, 2.05) is 41.2 Å². The maximum Gasteiger partial charge on any atom is 0.168 e. The lowest BCUT2D eigenvalue weighted by atomic mass is 9.81. The molecule has 0 aliphatic carbocycles. The molecule has 0 amide bonds. The normalized spacial score (nSPS) is 17.0. The highest BCUT2D eigenvalue weighted by atomic mass is 15.3. The van der Waals surface area contributed by atoms with E-state index >= 15 is 0 Å². The lowest BCUT2D eigenvalue weighted by molar-refractivity contribution is 0.247. The van der Waals surface area contributed by atoms with Gasteiger partial charge in [-0.3, -0.25) is 0 Å². The van der Waals surface area contributed by atoms with Crippen LogP contribution in [0.2, 0.25) is 0 Å². The van der Waals surface area contributed by atoms with Crippen molar-refractivity contribution in [1.82, 2.24) is 25.1 Å². The van der Waals surface area contributed by atoms with Crippen molar-refractivity contribution in [2.75, 3.05) is 25.0 Å². The molecule has 0 bridgehead atoms. The van der Waals surface area contributed by atoms with Crippen LogP contribution in [0.15, 0.2) is 42.9 Å². The van der Waals surface area contributed by atoms with E-state index in [1.165, 1.54) is 12.8 Å². The summed E-state index contributed by atoms with van der Waals surface area (Å²) in [6, 6.07) is 10.1. The first-order valence-electron chi connectivity index (χ1n) is 8.44. The fourth-order valence-corrected chi connectivity index (χ4v) is 3.25. The van der Waals surface area contributed by atoms with Crippen LogP contribution >= 0.6 is 0 Å². The van der Waals surface area contributed by atoms with Crippen molar-refractivity contribution < 1.29 is 0 Å². The lowest BCUT2D eigenvalue weighted by Gasteiger charge is -2.34. The number of rotatable bonds is 4. The number of anilines is 1. The Balaban J connectivity index is 1.62. The molecule has 6 nitrogen and oxygen atoms in total. The van der Waals surface area contributed by atoms with E-state index in [-0.39, 0.29) is 0 Å². The number of para-hydroxylation sites is 1. The van der Waals surface area contributed by atoms with E-state index in [4.69, 9.17) is 0 Å². The Morgan fingerprint density at radius 3 is 2.75 bits per heavy atom. The van der Waals surface area contributed by atoms with Crippen molar-refractivity contribution in [2.24, 2.45) is 5.41 Å². The molecule has 1 aliphatic rings. The molecule has 3 heterocycles. The number of nitrogens with one attached hydrogen (secondary N) is 2.